The number of imidazole rings is 1. The predicted molar refractivity (Wildman–Crippen MR) is 81.5 cm³/mol. The maximum Gasteiger partial charge on any atom is 0.328 e. The van der Waals surface area contributed by atoms with Gasteiger partial charge in [-0.15, -0.1) is 0 Å². The van der Waals surface area contributed by atoms with Gasteiger partial charge in [0.2, 0.25) is 0 Å². The molecule has 0 aliphatic heterocycles. The summed E-state index contributed by atoms with van der Waals surface area (Å²) in [6.07, 6.45) is 6.50. The first-order valence-electron chi connectivity index (χ1n) is 6.70. The fourth-order valence-corrected chi connectivity index (χ4v) is 2.14. The number of carboxylic acid groups (broad SMARTS) is 1. The molecule has 0 radical (unpaired) electrons. The Morgan fingerprint density at radius 3 is 2.81 bits per heavy atom. The van der Waals surface area contributed by atoms with Crippen molar-refractivity contribution in [3.05, 3.63) is 59.7 Å². The minimum atomic E-state index is -0.939. The Labute approximate surface area is 124 Å². The number of rotatable bonds is 6. The molecule has 5 heteroatoms. The van der Waals surface area contributed by atoms with E-state index in [1.165, 1.54) is 0 Å². The van der Waals surface area contributed by atoms with Crippen LogP contribution >= 0.6 is 0 Å². The van der Waals surface area contributed by atoms with Crippen molar-refractivity contribution in [1.29, 1.82) is 0 Å². The van der Waals surface area contributed by atoms with Crippen molar-refractivity contribution in [2.45, 2.75) is 13.1 Å². The lowest BCUT2D eigenvalue weighted by Gasteiger charge is -2.17. The van der Waals surface area contributed by atoms with E-state index in [0.29, 0.717) is 0 Å². The Bertz CT molecular complexity index is 646. The van der Waals surface area contributed by atoms with Crippen LogP contribution < -0.4 is 0 Å². The molecule has 0 atom stereocenters. The van der Waals surface area contributed by atoms with E-state index in [2.05, 4.69) is 9.88 Å². The number of nitrogens with zero attached hydrogens (tertiary/aromatic N) is 3. The summed E-state index contributed by atoms with van der Waals surface area (Å²) in [5.41, 5.74) is 2.01. The van der Waals surface area contributed by atoms with Crippen molar-refractivity contribution < 1.29 is 9.90 Å². The summed E-state index contributed by atoms with van der Waals surface area (Å²) in [6, 6.07) is 7.80. The highest BCUT2D eigenvalue weighted by molar-refractivity contribution is 5.85. The Morgan fingerprint density at radius 1 is 1.38 bits per heavy atom. The quantitative estimate of drug-likeness (QED) is 0.826. The summed E-state index contributed by atoms with van der Waals surface area (Å²) in [6.45, 7) is 1.47. The van der Waals surface area contributed by atoms with E-state index in [1.54, 1.807) is 12.3 Å². The molecule has 1 N–H and O–H groups in total. The highest BCUT2D eigenvalue weighted by Crippen LogP contribution is 2.14. The lowest BCUT2D eigenvalue weighted by atomic mass is 10.1. The normalized spacial score (nSPS) is 11.4. The van der Waals surface area contributed by atoms with Crippen molar-refractivity contribution in [3.63, 3.8) is 0 Å². The molecule has 0 aliphatic carbocycles. The van der Waals surface area contributed by atoms with Gasteiger partial charge in [-0.1, -0.05) is 24.3 Å². The summed E-state index contributed by atoms with van der Waals surface area (Å²) in [7, 11) is 3.99. The average molecular weight is 285 g/mol. The van der Waals surface area contributed by atoms with Crippen LogP contribution in [-0.2, 0) is 24.9 Å². The second-order valence-corrected chi connectivity index (χ2v) is 5.00. The summed E-state index contributed by atoms with van der Waals surface area (Å²) < 4.78 is 1.99. The standard InChI is InChI=1S/C16H19N3O2/c1-18(12-15-17-9-10-19(15)2)11-14-6-4-3-5-13(14)7-8-16(20)21/h3-10H,11-12H2,1-2H3,(H,20,21). The zero-order valence-corrected chi connectivity index (χ0v) is 12.2. The molecule has 0 unspecified atom stereocenters. The summed E-state index contributed by atoms with van der Waals surface area (Å²) >= 11 is 0. The second-order valence-electron chi connectivity index (χ2n) is 5.00. The van der Waals surface area contributed by atoms with Crippen LogP contribution in [0.1, 0.15) is 17.0 Å². The number of hydrogen-bond donors (Lipinski definition) is 1. The van der Waals surface area contributed by atoms with Crippen LogP contribution in [0.4, 0.5) is 0 Å². The van der Waals surface area contributed by atoms with Crippen LogP contribution in [0.2, 0.25) is 0 Å². The number of aryl methyl sites for hydroxylation is 1. The number of hydrogen-bond acceptors (Lipinski definition) is 3. The smallest absolute Gasteiger partial charge is 0.328 e. The average Bonchev–Trinajstić information content (AvgIpc) is 2.83. The molecular weight excluding hydrogens is 266 g/mol. The minimum absolute atomic E-state index is 0.729. The first kappa shape index (κ1) is 15.0. The maximum atomic E-state index is 10.6. The number of aliphatic carboxylic acids is 1. The van der Waals surface area contributed by atoms with Crippen molar-refractivity contribution in [3.8, 4) is 0 Å². The molecule has 1 aromatic heterocycles. The van der Waals surface area contributed by atoms with E-state index in [-0.39, 0.29) is 0 Å². The van der Waals surface area contributed by atoms with Crippen LogP contribution in [0.25, 0.3) is 6.08 Å². The molecule has 2 rings (SSSR count). The van der Waals surface area contributed by atoms with Crippen LogP contribution in [0.5, 0.6) is 0 Å². The molecule has 2 aromatic rings. The van der Waals surface area contributed by atoms with Gasteiger partial charge in [-0.05, 0) is 24.3 Å². The van der Waals surface area contributed by atoms with Gasteiger partial charge in [-0.25, -0.2) is 9.78 Å². The minimum Gasteiger partial charge on any atom is -0.478 e. The maximum absolute atomic E-state index is 10.6. The molecule has 0 saturated heterocycles. The van der Waals surface area contributed by atoms with Gasteiger partial charge < -0.3 is 9.67 Å². The van der Waals surface area contributed by atoms with Gasteiger partial charge in [0.1, 0.15) is 5.82 Å². The van der Waals surface area contributed by atoms with Crippen LogP contribution in [0.15, 0.2) is 42.7 Å². The van der Waals surface area contributed by atoms with Crippen LogP contribution in [-0.4, -0.2) is 32.6 Å². The van der Waals surface area contributed by atoms with Crippen LogP contribution in [0.3, 0.4) is 0 Å². The number of benzene rings is 1. The molecule has 21 heavy (non-hydrogen) atoms. The van der Waals surface area contributed by atoms with E-state index in [1.807, 2.05) is 49.1 Å². The molecule has 0 bridgehead atoms. The topological polar surface area (TPSA) is 58.4 Å². The van der Waals surface area contributed by atoms with Gasteiger partial charge in [0, 0.05) is 32.1 Å². The SMILES string of the molecule is CN(Cc1ccccc1C=CC(=O)O)Cc1nccn1C. The molecule has 0 spiro atoms. The summed E-state index contributed by atoms with van der Waals surface area (Å²) in [5.74, 6) is 0.0576. The van der Waals surface area contributed by atoms with Gasteiger partial charge in [0.15, 0.2) is 0 Å². The third-order valence-electron chi connectivity index (χ3n) is 3.23. The first-order chi connectivity index (χ1) is 10.1. The Hall–Kier alpha value is -2.40. The highest BCUT2D eigenvalue weighted by atomic mass is 16.4. The van der Waals surface area contributed by atoms with E-state index in [0.717, 1.165) is 36.1 Å². The van der Waals surface area contributed by atoms with Gasteiger partial charge in [-0.2, -0.15) is 0 Å². The molecule has 5 nitrogen and oxygen atoms in total. The van der Waals surface area contributed by atoms with Crippen molar-refractivity contribution in [1.82, 2.24) is 14.5 Å². The molecule has 1 heterocycles. The molecule has 110 valence electrons. The van der Waals surface area contributed by atoms with E-state index >= 15 is 0 Å². The number of carboxylic acids is 1. The molecule has 0 aliphatic rings. The Kier molecular flexibility index (Phi) is 4.90. The van der Waals surface area contributed by atoms with Gasteiger partial charge in [0.05, 0.1) is 6.54 Å². The molecule has 0 fully saturated rings. The highest BCUT2D eigenvalue weighted by Gasteiger charge is 2.07. The van der Waals surface area contributed by atoms with Gasteiger partial charge >= 0.3 is 5.97 Å². The zero-order valence-electron chi connectivity index (χ0n) is 12.2. The third-order valence-corrected chi connectivity index (χ3v) is 3.23. The number of aromatic nitrogens is 2. The van der Waals surface area contributed by atoms with E-state index in [4.69, 9.17) is 5.11 Å². The van der Waals surface area contributed by atoms with Crippen molar-refractivity contribution in [2.24, 2.45) is 7.05 Å². The van der Waals surface area contributed by atoms with Crippen molar-refractivity contribution in [2.75, 3.05) is 7.05 Å². The second kappa shape index (κ2) is 6.85. The fourth-order valence-electron chi connectivity index (χ4n) is 2.14. The van der Waals surface area contributed by atoms with Gasteiger partial charge in [0.25, 0.3) is 0 Å². The monoisotopic (exact) mass is 285 g/mol. The molecule has 0 saturated carbocycles. The Balaban J connectivity index is 2.08. The first-order valence-corrected chi connectivity index (χ1v) is 6.70. The van der Waals surface area contributed by atoms with E-state index in [9.17, 15) is 4.79 Å². The third kappa shape index (κ3) is 4.29. The lowest BCUT2D eigenvalue weighted by molar-refractivity contribution is -0.131. The predicted octanol–water partition coefficient (Wildman–Crippen LogP) is 2.15. The lowest BCUT2D eigenvalue weighted by Crippen LogP contribution is -2.20. The number of carbonyl (C=O) groups is 1. The largest absolute Gasteiger partial charge is 0.478 e. The zero-order chi connectivity index (χ0) is 15.2. The van der Waals surface area contributed by atoms with Crippen LogP contribution in [0, 0.1) is 0 Å². The van der Waals surface area contributed by atoms with Gasteiger partial charge in [-0.3, -0.25) is 4.90 Å². The summed E-state index contributed by atoms with van der Waals surface area (Å²) in [4.78, 5) is 17.1. The fraction of sp³-hybridized carbons (Fsp3) is 0.250. The van der Waals surface area contributed by atoms with E-state index < -0.39 is 5.97 Å². The Morgan fingerprint density at radius 2 is 2.14 bits per heavy atom. The molecule has 0 amide bonds. The summed E-state index contributed by atoms with van der Waals surface area (Å²) in [5, 5.41) is 8.74. The molecular formula is C16H19N3O2. The van der Waals surface area contributed by atoms with Crippen molar-refractivity contribution >= 4 is 12.0 Å². The molecule has 1 aromatic carbocycles.